The van der Waals surface area contributed by atoms with Crippen molar-refractivity contribution in [2.24, 2.45) is 17.6 Å². The van der Waals surface area contributed by atoms with Gasteiger partial charge in [-0.25, -0.2) is 4.39 Å². The molecule has 0 aliphatic heterocycles. The minimum atomic E-state index is -0.354. The van der Waals surface area contributed by atoms with Gasteiger partial charge in [0.2, 0.25) is 0 Å². The molecule has 1 aromatic heterocycles. The van der Waals surface area contributed by atoms with Crippen molar-refractivity contribution in [1.29, 1.82) is 0 Å². The van der Waals surface area contributed by atoms with E-state index in [9.17, 15) is 4.39 Å². The Bertz CT molecular complexity index is 1060. The monoisotopic (exact) mass is 567 g/mol. The number of halogens is 3. The lowest BCUT2D eigenvalue weighted by Crippen LogP contribution is -2.18. The first kappa shape index (κ1) is 33.6. The van der Waals surface area contributed by atoms with Gasteiger partial charge in [-0.05, 0) is 62.4 Å². The molecule has 210 valence electrons. The quantitative estimate of drug-likeness (QED) is 0.283. The summed E-state index contributed by atoms with van der Waals surface area (Å²) in [5.74, 6) is 1.87. The second-order valence-electron chi connectivity index (χ2n) is 8.90. The minimum absolute atomic E-state index is 0.201. The predicted molar refractivity (Wildman–Crippen MR) is 155 cm³/mol. The second-order valence-corrected chi connectivity index (χ2v) is 9.71. The summed E-state index contributed by atoms with van der Waals surface area (Å²) in [7, 11) is 1.50. The van der Waals surface area contributed by atoms with Gasteiger partial charge in [0.05, 0.1) is 28.4 Å². The lowest BCUT2D eigenvalue weighted by molar-refractivity contribution is -0.0980. The summed E-state index contributed by atoms with van der Waals surface area (Å²) in [6, 6.07) is 11.6. The Kier molecular flexibility index (Phi) is 15.9. The molecule has 0 spiro atoms. The zero-order valence-electron chi connectivity index (χ0n) is 22.7. The molecule has 6 nitrogen and oxygen atoms in total. The first-order chi connectivity index (χ1) is 18.3. The summed E-state index contributed by atoms with van der Waals surface area (Å²) in [6.07, 6.45) is 5.63. The molecule has 1 aliphatic carbocycles. The first-order valence-electron chi connectivity index (χ1n) is 12.8. The van der Waals surface area contributed by atoms with Crippen molar-refractivity contribution in [1.82, 2.24) is 5.16 Å². The molecule has 3 atom stereocenters. The first-order valence-corrected chi connectivity index (χ1v) is 13.5. The average Bonchev–Trinajstić information content (AvgIpc) is 3.49. The largest absolute Gasteiger partial charge is 0.396 e. The molecule has 2 aromatic carbocycles. The van der Waals surface area contributed by atoms with Crippen LogP contribution >= 0.6 is 23.2 Å². The van der Waals surface area contributed by atoms with Crippen LogP contribution in [0.15, 0.2) is 47.0 Å². The second kappa shape index (κ2) is 17.9. The fourth-order valence-electron chi connectivity index (χ4n) is 4.49. The lowest BCUT2D eigenvalue weighted by Gasteiger charge is -2.19. The van der Waals surface area contributed by atoms with Crippen LogP contribution in [0.2, 0.25) is 10.0 Å². The summed E-state index contributed by atoms with van der Waals surface area (Å²) >= 11 is 12.8. The molecule has 0 radical (unpaired) electrons. The summed E-state index contributed by atoms with van der Waals surface area (Å²) in [4.78, 5) is 8.00. The van der Waals surface area contributed by atoms with Crippen LogP contribution in [0.25, 0.3) is 11.3 Å². The summed E-state index contributed by atoms with van der Waals surface area (Å²) < 4.78 is 24.2. The van der Waals surface area contributed by atoms with Gasteiger partial charge in [-0.3, -0.25) is 0 Å². The van der Waals surface area contributed by atoms with Gasteiger partial charge in [-0.15, -0.1) is 0 Å². The number of hydrogen-bond acceptors (Lipinski definition) is 6. The molecule has 1 heterocycles. The van der Waals surface area contributed by atoms with Gasteiger partial charge in [0.1, 0.15) is 24.1 Å². The minimum Gasteiger partial charge on any atom is -0.396 e. The maximum Gasteiger partial charge on any atom is 0.146 e. The van der Waals surface area contributed by atoms with Crippen LogP contribution in [-0.2, 0) is 22.6 Å². The average molecular weight is 569 g/mol. The molecular weight excluding hydrogens is 528 g/mol. The van der Waals surface area contributed by atoms with Crippen molar-refractivity contribution in [2.75, 3.05) is 12.8 Å². The van der Waals surface area contributed by atoms with Crippen LogP contribution in [-0.4, -0.2) is 25.1 Å². The molecule has 1 fully saturated rings. The number of ether oxygens (including phenoxy) is 1. The smallest absolute Gasteiger partial charge is 0.146 e. The maximum atomic E-state index is 12.2. The topological polar surface area (TPSA) is 104 Å². The standard InChI is InChI=1S/C21H27Cl2NO2.C6H6FN.CH5N.CH2O/c1-4-7-18-15(12-25-19-11-13(3)10-14(19)5-2)21(24-26-18)20-16(22)8-6-9-17(20)23;7-5-3-1-2-4-6(5)8;2*1-2/h6,8-9,13-14,19H,4-5,7,10-12H2,1-3H3;1-4H,8H2;2H2,1H3;1H2. The van der Waals surface area contributed by atoms with E-state index in [1.165, 1.54) is 25.6 Å². The van der Waals surface area contributed by atoms with E-state index >= 15 is 0 Å². The van der Waals surface area contributed by atoms with Gasteiger partial charge in [0.25, 0.3) is 0 Å². The van der Waals surface area contributed by atoms with Crippen LogP contribution in [0.4, 0.5) is 10.1 Å². The third-order valence-corrected chi connectivity index (χ3v) is 6.91. The SMILES string of the molecule is C=O.CCCc1onc(-c2c(Cl)cccc2Cl)c1COC1CC(C)CC1CC.CN.Nc1ccccc1F. The number of aromatic nitrogens is 1. The number of nitrogens with two attached hydrogens (primary N) is 2. The van der Waals surface area contributed by atoms with E-state index in [1.807, 2.05) is 25.0 Å². The van der Waals surface area contributed by atoms with Gasteiger partial charge in [-0.2, -0.15) is 0 Å². The van der Waals surface area contributed by atoms with Crippen molar-refractivity contribution in [2.45, 2.75) is 65.6 Å². The number of carbonyl (C=O) groups excluding carboxylic acids is 1. The van der Waals surface area contributed by atoms with Crippen LogP contribution in [0, 0.1) is 17.7 Å². The lowest BCUT2D eigenvalue weighted by atomic mass is 10.0. The number of hydrogen-bond donors (Lipinski definition) is 2. The normalized spacial score (nSPS) is 17.8. The van der Waals surface area contributed by atoms with Gasteiger partial charge in [-0.1, -0.05) is 73.7 Å². The third kappa shape index (κ3) is 9.38. The number of nitrogen functional groups attached to an aromatic ring is 1. The van der Waals surface area contributed by atoms with Crippen LogP contribution in [0.3, 0.4) is 0 Å². The molecule has 38 heavy (non-hydrogen) atoms. The number of nitrogens with zero attached hydrogens (tertiary/aromatic N) is 1. The number of rotatable bonds is 7. The zero-order valence-corrected chi connectivity index (χ0v) is 24.2. The van der Waals surface area contributed by atoms with Crippen LogP contribution in [0.1, 0.15) is 57.8 Å². The Balaban J connectivity index is 0.000000505. The third-order valence-electron chi connectivity index (χ3n) is 6.28. The predicted octanol–water partition coefficient (Wildman–Crippen LogP) is 7.74. The molecular formula is C29H40Cl2FN3O3. The van der Waals surface area contributed by atoms with E-state index in [4.69, 9.17) is 43.0 Å². The number of aryl methyl sites for hydroxylation is 1. The molecule has 4 N–H and O–H groups in total. The number of carbonyl (C=O) groups is 1. The van der Waals surface area contributed by atoms with Gasteiger partial charge in [0.15, 0.2) is 0 Å². The number of anilines is 1. The van der Waals surface area contributed by atoms with E-state index < -0.39 is 0 Å². The van der Waals surface area contributed by atoms with E-state index in [0.29, 0.717) is 34.4 Å². The number of para-hydroxylation sites is 1. The van der Waals surface area contributed by atoms with Crippen molar-refractivity contribution >= 4 is 35.7 Å². The summed E-state index contributed by atoms with van der Waals surface area (Å²) in [5, 5.41) is 5.46. The maximum absolute atomic E-state index is 12.2. The summed E-state index contributed by atoms with van der Waals surface area (Å²) in [6.45, 7) is 9.17. The highest BCUT2D eigenvalue weighted by atomic mass is 35.5. The Morgan fingerprint density at radius 1 is 1.08 bits per heavy atom. The Morgan fingerprint density at radius 2 is 1.71 bits per heavy atom. The van der Waals surface area contributed by atoms with Gasteiger partial charge < -0.3 is 25.5 Å². The van der Waals surface area contributed by atoms with Crippen molar-refractivity contribution in [3.05, 3.63) is 69.7 Å². The highest BCUT2D eigenvalue weighted by molar-refractivity contribution is 6.39. The van der Waals surface area contributed by atoms with E-state index in [1.54, 1.807) is 12.1 Å². The molecule has 3 aromatic rings. The van der Waals surface area contributed by atoms with E-state index in [-0.39, 0.29) is 11.5 Å². The fraction of sp³-hybridized carbons (Fsp3) is 0.448. The molecule has 0 saturated heterocycles. The van der Waals surface area contributed by atoms with Crippen molar-refractivity contribution in [3.8, 4) is 11.3 Å². The van der Waals surface area contributed by atoms with E-state index in [0.717, 1.165) is 48.5 Å². The molecule has 4 rings (SSSR count). The highest BCUT2D eigenvalue weighted by Gasteiger charge is 2.32. The van der Waals surface area contributed by atoms with Crippen molar-refractivity contribution in [3.63, 3.8) is 0 Å². The van der Waals surface area contributed by atoms with Gasteiger partial charge >= 0.3 is 0 Å². The Labute approximate surface area is 235 Å². The van der Waals surface area contributed by atoms with Crippen LogP contribution in [0.5, 0.6) is 0 Å². The Hall–Kier alpha value is -2.45. The van der Waals surface area contributed by atoms with Crippen LogP contribution < -0.4 is 11.5 Å². The molecule has 0 amide bonds. The van der Waals surface area contributed by atoms with Crippen molar-refractivity contribution < 1.29 is 18.4 Å². The highest BCUT2D eigenvalue weighted by Crippen LogP contribution is 2.39. The molecule has 1 saturated carbocycles. The van der Waals surface area contributed by atoms with Gasteiger partial charge in [0, 0.05) is 17.5 Å². The Morgan fingerprint density at radius 3 is 2.24 bits per heavy atom. The molecule has 0 bridgehead atoms. The van der Waals surface area contributed by atoms with E-state index in [2.05, 4.69) is 31.7 Å². The summed E-state index contributed by atoms with van der Waals surface area (Å²) in [5.41, 5.74) is 12.3. The number of benzene rings is 2. The zero-order chi connectivity index (χ0) is 28.7. The molecule has 3 unspecified atom stereocenters. The molecule has 9 heteroatoms. The molecule has 1 aliphatic rings. The fourth-order valence-corrected chi connectivity index (χ4v) is 5.07.